The standard InChI is InChI=1S/C15H19F3N2O2/c1-3-8-20(9-10-21)14(22)19-11(2)12-4-6-13(7-5-12)15(16,17)18/h3-7,11,21H,1,8-10H2,2H3,(H,19,22). The Morgan fingerprint density at radius 2 is 2.00 bits per heavy atom. The molecule has 0 aliphatic heterocycles. The Morgan fingerprint density at radius 3 is 2.45 bits per heavy atom. The van der Waals surface area contributed by atoms with Crippen LogP contribution in [0.15, 0.2) is 36.9 Å². The van der Waals surface area contributed by atoms with Crippen molar-refractivity contribution in [1.82, 2.24) is 10.2 Å². The summed E-state index contributed by atoms with van der Waals surface area (Å²) in [4.78, 5) is 13.4. The van der Waals surface area contributed by atoms with Gasteiger partial charge in [-0.1, -0.05) is 18.2 Å². The monoisotopic (exact) mass is 316 g/mol. The van der Waals surface area contributed by atoms with Gasteiger partial charge in [0.05, 0.1) is 18.2 Å². The number of nitrogens with one attached hydrogen (secondary N) is 1. The van der Waals surface area contributed by atoms with Gasteiger partial charge in [0.2, 0.25) is 0 Å². The van der Waals surface area contributed by atoms with Crippen molar-refractivity contribution in [3.8, 4) is 0 Å². The van der Waals surface area contributed by atoms with Crippen molar-refractivity contribution in [3.05, 3.63) is 48.0 Å². The SMILES string of the molecule is C=CCN(CCO)C(=O)NC(C)c1ccc(C(F)(F)F)cc1. The molecule has 0 aliphatic rings. The van der Waals surface area contributed by atoms with Crippen LogP contribution in [-0.2, 0) is 6.18 Å². The van der Waals surface area contributed by atoms with Crippen molar-refractivity contribution in [1.29, 1.82) is 0 Å². The molecule has 1 rings (SSSR count). The largest absolute Gasteiger partial charge is 0.416 e. The Balaban J connectivity index is 2.73. The van der Waals surface area contributed by atoms with E-state index >= 15 is 0 Å². The van der Waals surface area contributed by atoms with Crippen LogP contribution in [0.4, 0.5) is 18.0 Å². The maximum Gasteiger partial charge on any atom is 0.416 e. The lowest BCUT2D eigenvalue weighted by Gasteiger charge is -2.23. The summed E-state index contributed by atoms with van der Waals surface area (Å²) in [6.07, 6.45) is -2.86. The lowest BCUT2D eigenvalue weighted by Crippen LogP contribution is -2.42. The Hall–Kier alpha value is -2.02. The molecule has 4 nitrogen and oxygen atoms in total. The molecule has 0 fully saturated rings. The number of nitrogens with zero attached hydrogens (tertiary/aromatic N) is 1. The van der Waals surface area contributed by atoms with Gasteiger partial charge in [-0.2, -0.15) is 13.2 Å². The Kier molecular flexibility index (Phi) is 6.42. The average Bonchev–Trinajstić information content (AvgIpc) is 2.46. The molecule has 1 aromatic rings. The number of aliphatic hydroxyl groups excluding tert-OH is 1. The number of aliphatic hydroxyl groups is 1. The van der Waals surface area contributed by atoms with Crippen molar-refractivity contribution in [2.24, 2.45) is 0 Å². The van der Waals surface area contributed by atoms with Gasteiger partial charge in [-0.05, 0) is 24.6 Å². The maximum absolute atomic E-state index is 12.5. The summed E-state index contributed by atoms with van der Waals surface area (Å²) in [6.45, 7) is 5.43. The zero-order valence-electron chi connectivity index (χ0n) is 12.2. The molecule has 0 aliphatic carbocycles. The van der Waals surface area contributed by atoms with Crippen molar-refractivity contribution < 1.29 is 23.1 Å². The molecule has 0 radical (unpaired) electrons. The number of alkyl halides is 3. The summed E-state index contributed by atoms with van der Waals surface area (Å²) in [6, 6.07) is 3.75. The number of benzene rings is 1. The van der Waals surface area contributed by atoms with Gasteiger partial charge in [-0.15, -0.1) is 6.58 Å². The number of urea groups is 1. The Labute approximate surface area is 127 Å². The lowest BCUT2D eigenvalue weighted by atomic mass is 10.1. The summed E-state index contributed by atoms with van der Waals surface area (Å²) in [5, 5.41) is 11.6. The third-order valence-corrected chi connectivity index (χ3v) is 3.08. The third kappa shape index (κ3) is 5.07. The summed E-state index contributed by atoms with van der Waals surface area (Å²) in [7, 11) is 0. The van der Waals surface area contributed by atoms with Crippen LogP contribution in [0.5, 0.6) is 0 Å². The Bertz CT molecular complexity index is 501. The normalized spacial score (nSPS) is 12.6. The van der Waals surface area contributed by atoms with Crippen molar-refractivity contribution in [2.75, 3.05) is 19.7 Å². The van der Waals surface area contributed by atoms with Crippen molar-refractivity contribution in [3.63, 3.8) is 0 Å². The van der Waals surface area contributed by atoms with Crippen molar-refractivity contribution in [2.45, 2.75) is 19.1 Å². The van der Waals surface area contributed by atoms with Crippen LogP contribution in [0, 0.1) is 0 Å². The quantitative estimate of drug-likeness (QED) is 0.793. The topological polar surface area (TPSA) is 52.6 Å². The molecule has 2 amide bonds. The van der Waals surface area contributed by atoms with Gasteiger partial charge < -0.3 is 15.3 Å². The van der Waals surface area contributed by atoms with Gasteiger partial charge in [0.15, 0.2) is 0 Å². The van der Waals surface area contributed by atoms with Gasteiger partial charge in [-0.25, -0.2) is 4.79 Å². The zero-order valence-corrected chi connectivity index (χ0v) is 12.2. The maximum atomic E-state index is 12.5. The van der Waals surface area contributed by atoms with Crippen molar-refractivity contribution >= 4 is 6.03 Å². The predicted molar refractivity (Wildman–Crippen MR) is 77.2 cm³/mol. The highest BCUT2D eigenvalue weighted by Gasteiger charge is 2.30. The van der Waals surface area contributed by atoms with Gasteiger partial charge in [-0.3, -0.25) is 0 Å². The fraction of sp³-hybridized carbons (Fsp3) is 0.400. The molecule has 0 spiro atoms. The fourth-order valence-corrected chi connectivity index (χ4v) is 1.87. The number of hydrogen-bond donors (Lipinski definition) is 2. The summed E-state index contributed by atoms with van der Waals surface area (Å²) >= 11 is 0. The molecule has 1 atom stereocenters. The molecular formula is C15H19F3N2O2. The van der Waals surface area contributed by atoms with Crippen LogP contribution in [-0.4, -0.2) is 35.7 Å². The fourth-order valence-electron chi connectivity index (χ4n) is 1.87. The van der Waals surface area contributed by atoms with Crippen LogP contribution >= 0.6 is 0 Å². The molecule has 0 bridgehead atoms. The molecule has 7 heteroatoms. The molecule has 22 heavy (non-hydrogen) atoms. The first kappa shape index (κ1) is 18.0. The van der Waals surface area contributed by atoms with Crippen LogP contribution in [0.2, 0.25) is 0 Å². The van der Waals surface area contributed by atoms with Gasteiger partial charge in [0, 0.05) is 13.1 Å². The lowest BCUT2D eigenvalue weighted by molar-refractivity contribution is -0.137. The first-order chi connectivity index (χ1) is 10.3. The summed E-state index contributed by atoms with van der Waals surface area (Å²) < 4.78 is 37.5. The number of hydrogen-bond acceptors (Lipinski definition) is 2. The molecule has 0 saturated carbocycles. The second-order valence-corrected chi connectivity index (χ2v) is 4.75. The number of rotatable bonds is 6. The van der Waals surface area contributed by atoms with E-state index < -0.39 is 23.8 Å². The van der Waals surface area contributed by atoms with Gasteiger partial charge >= 0.3 is 12.2 Å². The van der Waals surface area contributed by atoms with E-state index in [1.807, 2.05) is 0 Å². The zero-order chi connectivity index (χ0) is 16.8. The highest BCUT2D eigenvalue weighted by molar-refractivity contribution is 5.74. The number of halogens is 3. The van der Waals surface area contributed by atoms with E-state index in [1.165, 1.54) is 23.1 Å². The molecule has 122 valence electrons. The highest BCUT2D eigenvalue weighted by Crippen LogP contribution is 2.29. The van der Waals surface area contributed by atoms with Gasteiger partial charge in [0.25, 0.3) is 0 Å². The van der Waals surface area contributed by atoms with Gasteiger partial charge in [0.1, 0.15) is 0 Å². The third-order valence-electron chi connectivity index (χ3n) is 3.08. The smallest absolute Gasteiger partial charge is 0.395 e. The molecule has 0 saturated heterocycles. The van der Waals surface area contributed by atoms with Crippen LogP contribution in [0.3, 0.4) is 0 Å². The molecule has 2 N–H and O–H groups in total. The van der Waals surface area contributed by atoms with E-state index in [9.17, 15) is 18.0 Å². The van der Waals surface area contributed by atoms with Crippen LogP contribution in [0.25, 0.3) is 0 Å². The first-order valence-corrected chi connectivity index (χ1v) is 6.74. The summed E-state index contributed by atoms with van der Waals surface area (Å²) in [5.41, 5.74) is -0.174. The molecule has 1 aromatic carbocycles. The van der Waals surface area contributed by atoms with E-state index in [0.717, 1.165) is 12.1 Å². The first-order valence-electron chi connectivity index (χ1n) is 6.74. The van der Waals surface area contributed by atoms with Crippen LogP contribution in [0.1, 0.15) is 24.1 Å². The number of amides is 2. The van der Waals surface area contributed by atoms with E-state index in [-0.39, 0.29) is 19.7 Å². The van der Waals surface area contributed by atoms with E-state index in [1.54, 1.807) is 6.92 Å². The number of carbonyl (C=O) groups excluding carboxylic acids is 1. The molecule has 0 aromatic heterocycles. The second-order valence-electron chi connectivity index (χ2n) is 4.75. The predicted octanol–water partition coefficient (Wildman–Crippen LogP) is 2.96. The Morgan fingerprint density at radius 1 is 1.41 bits per heavy atom. The van der Waals surface area contributed by atoms with Crippen LogP contribution < -0.4 is 5.32 Å². The average molecular weight is 316 g/mol. The molecule has 1 unspecified atom stereocenters. The summed E-state index contributed by atoms with van der Waals surface area (Å²) in [5.74, 6) is 0. The minimum atomic E-state index is -4.38. The highest BCUT2D eigenvalue weighted by atomic mass is 19.4. The number of carbonyl (C=O) groups is 1. The molecular weight excluding hydrogens is 297 g/mol. The van der Waals surface area contributed by atoms with E-state index in [2.05, 4.69) is 11.9 Å². The minimum Gasteiger partial charge on any atom is -0.395 e. The van der Waals surface area contributed by atoms with E-state index in [0.29, 0.717) is 5.56 Å². The second kappa shape index (κ2) is 7.84. The molecule has 0 heterocycles. The van der Waals surface area contributed by atoms with E-state index in [4.69, 9.17) is 5.11 Å². The minimum absolute atomic E-state index is 0.150.